The second-order valence-corrected chi connectivity index (χ2v) is 7.16. The van der Waals surface area contributed by atoms with Crippen molar-refractivity contribution in [3.63, 3.8) is 0 Å². The van der Waals surface area contributed by atoms with E-state index in [0.29, 0.717) is 6.54 Å². The smallest absolute Gasteiger partial charge is 0.234 e. The van der Waals surface area contributed by atoms with E-state index >= 15 is 0 Å². The molecule has 1 amide bonds. The molecule has 4 rings (SSSR count). The number of carbonyl (C=O) groups is 1. The van der Waals surface area contributed by atoms with Crippen molar-refractivity contribution in [1.82, 2.24) is 15.2 Å². The number of pyridine rings is 1. The minimum atomic E-state index is 0.137. The topological polar surface area (TPSA) is 48.5 Å². The summed E-state index contributed by atoms with van der Waals surface area (Å²) in [5.41, 5.74) is 2.68. The van der Waals surface area contributed by atoms with Gasteiger partial charge in [0.25, 0.3) is 0 Å². The Balaban J connectivity index is 1.29. The molecule has 2 aromatic rings. The Morgan fingerprint density at radius 2 is 1.88 bits per heavy atom. The molecule has 2 aliphatic rings. The summed E-state index contributed by atoms with van der Waals surface area (Å²) in [4.78, 5) is 21.5. The third kappa shape index (κ3) is 3.88. The number of anilines is 1. The van der Waals surface area contributed by atoms with E-state index in [0.717, 1.165) is 51.3 Å². The molecule has 5 nitrogen and oxygen atoms in total. The Morgan fingerprint density at radius 3 is 2.69 bits per heavy atom. The molecule has 0 bridgehead atoms. The van der Waals surface area contributed by atoms with Gasteiger partial charge >= 0.3 is 0 Å². The highest BCUT2D eigenvalue weighted by molar-refractivity contribution is 5.78. The number of nitrogens with one attached hydrogen (secondary N) is 1. The van der Waals surface area contributed by atoms with Gasteiger partial charge in [0.15, 0.2) is 0 Å². The van der Waals surface area contributed by atoms with Crippen molar-refractivity contribution in [3.05, 3.63) is 59.8 Å². The number of aromatic nitrogens is 1. The lowest BCUT2D eigenvalue weighted by molar-refractivity contribution is -0.123. The minimum Gasteiger partial charge on any atom is -0.354 e. The third-order valence-corrected chi connectivity index (χ3v) is 5.42. The fraction of sp³-hybridized carbons (Fsp3) is 0.429. The van der Waals surface area contributed by atoms with Crippen LogP contribution in [-0.2, 0) is 11.2 Å². The first-order valence-corrected chi connectivity index (χ1v) is 9.55. The minimum absolute atomic E-state index is 0.137. The van der Waals surface area contributed by atoms with Crippen molar-refractivity contribution in [2.75, 3.05) is 37.6 Å². The number of hydrogen-bond donors (Lipinski definition) is 1. The molecule has 1 aliphatic heterocycles. The molecule has 1 N–H and O–H groups in total. The molecule has 1 saturated heterocycles. The van der Waals surface area contributed by atoms with Gasteiger partial charge in [0.2, 0.25) is 5.91 Å². The van der Waals surface area contributed by atoms with Crippen LogP contribution in [-0.4, -0.2) is 48.5 Å². The van der Waals surface area contributed by atoms with E-state index < -0.39 is 0 Å². The van der Waals surface area contributed by atoms with E-state index in [4.69, 9.17) is 0 Å². The first-order chi connectivity index (χ1) is 12.8. The number of nitrogens with zero attached hydrogens (tertiary/aromatic N) is 3. The molecule has 1 aromatic carbocycles. The number of aryl methyl sites for hydroxylation is 1. The van der Waals surface area contributed by atoms with Crippen molar-refractivity contribution >= 4 is 11.7 Å². The van der Waals surface area contributed by atoms with Gasteiger partial charge in [-0.1, -0.05) is 30.3 Å². The second kappa shape index (κ2) is 7.87. The average Bonchev–Trinajstić information content (AvgIpc) is 2.69. The quantitative estimate of drug-likeness (QED) is 0.920. The third-order valence-electron chi connectivity index (χ3n) is 5.42. The zero-order valence-corrected chi connectivity index (χ0v) is 15.1. The molecule has 136 valence electrons. The molecule has 1 unspecified atom stereocenters. The number of hydrogen-bond acceptors (Lipinski definition) is 4. The average molecular weight is 350 g/mol. The molecule has 0 radical (unpaired) electrons. The summed E-state index contributed by atoms with van der Waals surface area (Å²) in [5, 5.41) is 3.26. The Hall–Kier alpha value is -2.40. The number of fused-ring (bicyclic) bond motifs is 1. The second-order valence-electron chi connectivity index (χ2n) is 7.16. The van der Waals surface area contributed by atoms with Crippen LogP contribution in [0, 0.1) is 0 Å². The molecule has 5 heteroatoms. The zero-order valence-electron chi connectivity index (χ0n) is 15.1. The van der Waals surface area contributed by atoms with Crippen molar-refractivity contribution in [1.29, 1.82) is 0 Å². The van der Waals surface area contributed by atoms with E-state index in [1.54, 1.807) is 0 Å². The Kier molecular flexibility index (Phi) is 5.16. The molecule has 1 aromatic heterocycles. The highest BCUT2D eigenvalue weighted by Gasteiger charge is 2.24. The van der Waals surface area contributed by atoms with Crippen LogP contribution < -0.4 is 10.2 Å². The Labute approximate surface area is 155 Å². The molecule has 26 heavy (non-hydrogen) atoms. The molecule has 1 aliphatic carbocycles. The molecule has 0 spiro atoms. The number of benzene rings is 1. The molecule has 2 heterocycles. The van der Waals surface area contributed by atoms with E-state index in [2.05, 4.69) is 44.4 Å². The summed E-state index contributed by atoms with van der Waals surface area (Å²) in [7, 11) is 0. The number of amides is 1. The standard InChI is InChI=1S/C21H26N4O/c26-21(23-19-9-5-7-17-6-1-2-8-18(17)19)16-24-12-14-25(15-13-24)20-10-3-4-11-22-20/h1-4,6,8,10-11,19H,5,7,9,12-16H2,(H,23,26). The maximum atomic E-state index is 12.6. The van der Waals surface area contributed by atoms with Crippen molar-refractivity contribution in [2.45, 2.75) is 25.3 Å². The van der Waals surface area contributed by atoms with Gasteiger partial charge in [-0.2, -0.15) is 0 Å². The number of carbonyl (C=O) groups excluding carboxylic acids is 1. The molecule has 0 saturated carbocycles. The Morgan fingerprint density at radius 1 is 1.08 bits per heavy atom. The van der Waals surface area contributed by atoms with Crippen LogP contribution in [0.1, 0.15) is 30.0 Å². The lowest BCUT2D eigenvalue weighted by Crippen LogP contribution is -2.50. The van der Waals surface area contributed by atoms with Gasteiger partial charge in [-0.25, -0.2) is 4.98 Å². The van der Waals surface area contributed by atoms with Gasteiger partial charge in [0.1, 0.15) is 5.82 Å². The first-order valence-electron chi connectivity index (χ1n) is 9.55. The highest BCUT2D eigenvalue weighted by Crippen LogP contribution is 2.29. The molecular weight excluding hydrogens is 324 g/mol. The van der Waals surface area contributed by atoms with Gasteiger partial charge < -0.3 is 10.2 Å². The van der Waals surface area contributed by atoms with Crippen molar-refractivity contribution in [2.24, 2.45) is 0 Å². The predicted molar refractivity (Wildman–Crippen MR) is 103 cm³/mol. The van der Waals surface area contributed by atoms with Gasteiger partial charge in [0, 0.05) is 32.4 Å². The summed E-state index contributed by atoms with van der Waals surface area (Å²) in [5.74, 6) is 1.16. The lowest BCUT2D eigenvalue weighted by Gasteiger charge is -2.35. The predicted octanol–water partition coefficient (Wildman–Crippen LogP) is 2.40. The van der Waals surface area contributed by atoms with Crippen molar-refractivity contribution in [3.8, 4) is 0 Å². The van der Waals surface area contributed by atoms with Gasteiger partial charge in [0.05, 0.1) is 12.6 Å². The number of rotatable bonds is 4. The maximum Gasteiger partial charge on any atom is 0.234 e. The van der Waals surface area contributed by atoms with Crippen LogP contribution in [0.2, 0.25) is 0 Å². The lowest BCUT2D eigenvalue weighted by atomic mass is 9.88. The molecule has 1 fully saturated rings. The molecular formula is C21H26N4O. The van der Waals surface area contributed by atoms with Gasteiger partial charge in [-0.3, -0.25) is 9.69 Å². The van der Waals surface area contributed by atoms with Crippen LogP contribution in [0.15, 0.2) is 48.7 Å². The Bertz CT molecular complexity index is 741. The normalized spacial score (nSPS) is 20.5. The first kappa shape index (κ1) is 17.0. The summed E-state index contributed by atoms with van der Waals surface area (Å²) in [6, 6.07) is 14.7. The van der Waals surface area contributed by atoms with E-state index in [1.807, 2.05) is 24.4 Å². The van der Waals surface area contributed by atoms with E-state index in [9.17, 15) is 4.79 Å². The summed E-state index contributed by atoms with van der Waals surface area (Å²) < 4.78 is 0. The largest absolute Gasteiger partial charge is 0.354 e. The monoisotopic (exact) mass is 350 g/mol. The van der Waals surface area contributed by atoms with Crippen LogP contribution in [0.25, 0.3) is 0 Å². The fourth-order valence-electron chi connectivity index (χ4n) is 4.02. The van der Waals surface area contributed by atoms with E-state index in [1.165, 1.54) is 11.1 Å². The van der Waals surface area contributed by atoms with Gasteiger partial charge in [-0.05, 0) is 42.5 Å². The van der Waals surface area contributed by atoms with Crippen LogP contribution in [0.5, 0.6) is 0 Å². The van der Waals surface area contributed by atoms with Crippen LogP contribution in [0.4, 0.5) is 5.82 Å². The van der Waals surface area contributed by atoms with Crippen LogP contribution >= 0.6 is 0 Å². The highest BCUT2D eigenvalue weighted by atomic mass is 16.2. The number of piperazine rings is 1. The summed E-state index contributed by atoms with van der Waals surface area (Å²) >= 11 is 0. The fourth-order valence-corrected chi connectivity index (χ4v) is 4.02. The van der Waals surface area contributed by atoms with E-state index in [-0.39, 0.29) is 11.9 Å². The summed E-state index contributed by atoms with van der Waals surface area (Å²) in [6.45, 7) is 4.10. The van der Waals surface area contributed by atoms with Gasteiger partial charge in [-0.15, -0.1) is 0 Å². The zero-order chi connectivity index (χ0) is 17.8. The van der Waals surface area contributed by atoms with Crippen LogP contribution in [0.3, 0.4) is 0 Å². The molecule has 1 atom stereocenters. The maximum absolute atomic E-state index is 12.6. The SMILES string of the molecule is O=C(CN1CCN(c2ccccn2)CC1)NC1CCCc2ccccc21. The van der Waals surface area contributed by atoms with Crippen molar-refractivity contribution < 1.29 is 4.79 Å². The summed E-state index contributed by atoms with van der Waals surface area (Å²) in [6.07, 6.45) is 5.14.